The maximum atomic E-state index is 13.2. The van der Waals surface area contributed by atoms with E-state index in [0.717, 1.165) is 6.07 Å². The van der Waals surface area contributed by atoms with Gasteiger partial charge in [-0.25, -0.2) is 8.78 Å². The van der Waals surface area contributed by atoms with E-state index in [-0.39, 0.29) is 6.04 Å². The molecule has 0 spiro atoms. The maximum Gasteiger partial charge on any atom is 0.159 e. The highest BCUT2D eigenvalue weighted by molar-refractivity contribution is 7.99. The van der Waals surface area contributed by atoms with Gasteiger partial charge in [0.2, 0.25) is 0 Å². The molecule has 2 aromatic carbocycles. The van der Waals surface area contributed by atoms with Crippen LogP contribution < -0.4 is 5.73 Å². The van der Waals surface area contributed by atoms with E-state index in [1.807, 2.05) is 13.8 Å². The van der Waals surface area contributed by atoms with Crippen LogP contribution in [-0.2, 0) is 0 Å². The molecule has 106 valence electrons. The van der Waals surface area contributed by atoms with Gasteiger partial charge in [-0.05, 0) is 43.2 Å². The number of benzene rings is 2. The minimum Gasteiger partial charge on any atom is -0.323 e. The zero-order chi connectivity index (χ0) is 14.7. The molecule has 0 fully saturated rings. The molecule has 0 aliphatic rings. The molecule has 20 heavy (non-hydrogen) atoms. The highest BCUT2D eigenvalue weighted by Gasteiger charge is 2.11. The molecule has 0 amide bonds. The molecule has 2 rings (SSSR count). The van der Waals surface area contributed by atoms with E-state index in [2.05, 4.69) is 18.2 Å². The number of hydrogen-bond donors (Lipinski definition) is 1. The van der Waals surface area contributed by atoms with Gasteiger partial charge in [-0.2, -0.15) is 0 Å². The van der Waals surface area contributed by atoms with Crippen LogP contribution in [0.1, 0.15) is 22.7 Å². The van der Waals surface area contributed by atoms with Crippen LogP contribution in [0.3, 0.4) is 0 Å². The van der Waals surface area contributed by atoms with Crippen molar-refractivity contribution in [3.63, 3.8) is 0 Å². The van der Waals surface area contributed by atoms with Crippen molar-refractivity contribution in [3.8, 4) is 0 Å². The van der Waals surface area contributed by atoms with Crippen LogP contribution in [0.5, 0.6) is 0 Å². The third-order valence-electron chi connectivity index (χ3n) is 3.13. The van der Waals surface area contributed by atoms with Crippen molar-refractivity contribution in [1.82, 2.24) is 0 Å². The second kappa shape index (κ2) is 6.37. The molecule has 4 heteroatoms. The molecule has 1 nitrogen and oxygen atoms in total. The fourth-order valence-corrected chi connectivity index (χ4v) is 3.00. The van der Waals surface area contributed by atoms with E-state index >= 15 is 0 Å². The van der Waals surface area contributed by atoms with E-state index in [4.69, 9.17) is 5.73 Å². The molecular formula is C16H17F2NS. The summed E-state index contributed by atoms with van der Waals surface area (Å²) in [5.74, 6) is -1.08. The summed E-state index contributed by atoms with van der Waals surface area (Å²) in [4.78, 5) is 1.17. The average Bonchev–Trinajstić information content (AvgIpc) is 2.42. The Morgan fingerprint density at radius 3 is 2.50 bits per heavy atom. The molecule has 0 aliphatic heterocycles. The molecule has 0 aliphatic carbocycles. The second-order valence-corrected chi connectivity index (χ2v) is 5.92. The molecule has 0 aromatic heterocycles. The first kappa shape index (κ1) is 15.0. The van der Waals surface area contributed by atoms with Gasteiger partial charge < -0.3 is 5.73 Å². The summed E-state index contributed by atoms with van der Waals surface area (Å²) in [5.41, 5.74) is 9.04. The van der Waals surface area contributed by atoms with Gasteiger partial charge >= 0.3 is 0 Å². The zero-order valence-corrected chi connectivity index (χ0v) is 12.3. The molecule has 0 saturated carbocycles. The van der Waals surface area contributed by atoms with E-state index < -0.39 is 11.6 Å². The highest BCUT2D eigenvalue weighted by Crippen LogP contribution is 2.27. The lowest BCUT2D eigenvalue weighted by Crippen LogP contribution is -2.13. The Labute approximate surface area is 122 Å². The van der Waals surface area contributed by atoms with Gasteiger partial charge in [-0.1, -0.05) is 23.8 Å². The SMILES string of the molecule is Cc1ccc(C)c(SCC(N)c2ccc(F)c(F)c2)c1. The Hall–Kier alpha value is -1.39. The van der Waals surface area contributed by atoms with Crippen molar-refractivity contribution < 1.29 is 8.78 Å². The minimum atomic E-state index is -0.852. The number of aryl methyl sites for hydroxylation is 2. The third kappa shape index (κ3) is 3.58. The Kier molecular flexibility index (Phi) is 4.78. The van der Waals surface area contributed by atoms with Crippen molar-refractivity contribution in [2.24, 2.45) is 5.73 Å². The van der Waals surface area contributed by atoms with Gasteiger partial charge in [0.15, 0.2) is 11.6 Å². The number of halogens is 2. The summed E-state index contributed by atoms with van der Waals surface area (Å²) in [7, 11) is 0. The molecule has 1 unspecified atom stereocenters. The lowest BCUT2D eigenvalue weighted by molar-refractivity contribution is 0.506. The van der Waals surface area contributed by atoms with Gasteiger partial charge in [0.25, 0.3) is 0 Å². The first-order chi connectivity index (χ1) is 9.47. The van der Waals surface area contributed by atoms with Gasteiger partial charge in [0, 0.05) is 16.7 Å². The standard InChI is InChI=1S/C16H17F2NS/c1-10-3-4-11(2)16(7-10)20-9-15(19)12-5-6-13(17)14(18)8-12/h3-8,15H,9,19H2,1-2H3. The highest BCUT2D eigenvalue weighted by atomic mass is 32.2. The molecule has 2 N–H and O–H groups in total. The van der Waals surface area contributed by atoms with E-state index in [0.29, 0.717) is 11.3 Å². The second-order valence-electron chi connectivity index (χ2n) is 4.86. The summed E-state index contributed by atoms with van der Waals surface area (Å²) >= 11 is 1.63. The molecule has 0 heterocycles. The lowest BCUT2D eigenvalue weighted by Gasteiger charge is -2.13. The van der Waals surface area contributed by atoms with Crippen LogP contribution >= 0.6 is 11.8 Å². The molecule has 0 radical (unpaired) electrons. The molecule has 2 aromatic rings. The topological polar surface area (TPSA) is 26.0 Å². The summed E-state index contributed by atoms with van der Waals surface area (Å²) in [6.07, 6.45) is 0. The number of nitrogens with two attached hydrogens (primary N) is 1. The monoisotopic (exact) mass is 293 g/mol. The summed E-state index contributed by atoms with van der Waals surface area (Å²) in [6.45, 7) is 4.09. The minimum absolute atomic E-state index is 0.324. The van der Waals surface area contributed by atoms with Crippen molar-refractivity contribution in [1.29, 1.82) is 0 Å². The van der Waals surface area contributed by atoms with Crippen LogP contribution in [-0.4, -0.2) is 5.75 Å². The molecule has 1 atom stereocenters. The molecule has 0 saturated heterocycles. The number of thioether (sulfide) groups is 1. The molecule has 0 bridgehead atoms. The average molecular weight is 293 g/mol. The van der Waals surface area contributed by atoms with Gasteiger partial charge in [0.05, 0.1) is 0 Å². The first-order valence-electron chi connectivity index (χ1n) is 6.38. The quantitative estimate of drug-likeness (QED) is 0.847. The number of rotatable bonds is 4. The van der Waals surface area contributed by atoms with Gasteiger partial charge in [-0.3, -0.25) is 0 Å². The van der Waals surface area contributed by atoms with Gasteiger partial charge in [0.1, 0.15) is 0 Å². The zero-order valence-electron chi connectivity index (χ0n) is 11.5. The largest absolute Gasteiger partial charge is 0.323 e. The summed E-state index contributed by atoms with van der Waals surface area (Å²) < 4.78 is 26.1. The predicted molar refractivity (Wildman–Crippen MR) is 79.9 cm³/mol. The summed E-state index contributed by atoms with van der Waals surface area (Å²) in [5, 5.41) is 0. The predicted octanol–water partition coefficient (Wildman–Crippen LogP) is 4.37. The van der Waals surface area contributed by atoms with Crippen LogP contribution in [0.25, 0.3) is 0 Å². The molecular weight excluding hydrogens is 276 g/mol. The fourth-order valence-electron chi connectivity index (χ4n) is 1.88. The van der Waals surface area contributed by atoms with E-state index in [1.54, 1.807) is 11.8 Å². The van der Waals surface area contributed by atoms with Crippen molar-refractivity contribution >= 4 is 11.8 Å². The van der Waals surface area contributed by atoms with Crippen LogP contribution in [0.2, 0.25) is 0 Å². The first-order valence-corrected chi connectivity index (χ1v) is 7.36. The van der Waals surface area contributed by atoms with Crippen molar-refractivity contribution in [2.75, 3.05) is 5.75 Å². The Morgan fingerprint density at radius 2 is 1.80 bits per heavy atom. The van der Waals surface area contributed by atoms with Crippen molar-refractivity contribution in [2.45, 2.75) is 24.8 Å². The van der Waals surface area contributed by atoms with Crippen LogP contribution in [0, 0.1) is 25.5 Å². The normalized spacial score (nSPS) is 12.4. The number of hydrogen-bond acceptors (Lipinski definition) is 2. The fraction of sp³-hybridized carbons (Fsp3) is 0.250. The van der Waals surface area contributed by atoms with Gasteiger partial charge in [-0.15, -0.1) is 11.8 Å². The van der Waals surface area contributed by atoms with E-state index in [9.17, 15) is 8.78 Å². The smallest absolute Gasteiger partial charge is 0.159 e. The van der Waals surface area contributed by atoms with Crippen LogP contribution in [0.4, 0.5) is 8.78 Å². The third-order valence-corrected chi connectivity index (χ3v) is 4.41. The summed E-state index contributed by atoms with van der Waals surface area (Å²) in [6, 6.07) is 9.74. The Bertz CT molecular complexity index is 613. The Morgan fingerprint density at radius 1 is 1.05 bits per heavy atom. The van der Waals surface area contributed by atoms with Crippen LogP contribution in [0.15, 0.2) is 41.3 Å². The Balaban J connectivity index is 2.06. The maximum absolute atomic E-state index is 13.2. The lowest BCUT2D eigenvalue weighted by atomic mass is 10.1. The van der Waals surface area contributed by atoms with Crippen molar-refractivity contribution in [3.05, 3.63) is 64.7 Å². The van der Waals surface area contributed by atoms with E-state index in [1.165, 1.54) is 28.2 Å².